The summed E-state index contributed by atoms with van der Waals surface area (Å²) in [6, 6.07) is 26.4. The number of piperazine rings is 1. The number of nitrogens with zero attached hydrogens (tertiary/aromatic N) is 4. The van der Waals surface area contributed by atoms with Crippen LogP contribution in [-0.4, -0.2) is 42.2 Å². The number of hydrazone groups is 1. The summed E-state index contributed by atoms with van der Waals surface area (Å²) in [5.74, 6) is 0.0633. The van der Waals surface area contributed by atoms with Crippen molar-refractivity contribution in [1.29, 1.82) is 0 Å². The lowest BCUT2D eigenvalue weighted by molar-refractivity contribution is -0.125. The average molecular weight is 471 g/mol. The first-order chi connectivity index (χ1) is 16.6. The fourth-order valence-electron chi connectivity index (χ4n) is 5.87. The highest BCUT2D eigenvalue weighted by molar-refractivity contribution is 6.31. The second-order valence-electron chi connectivity index (χ2n) is 9.49. The number of fused-ring (bicyclic) bond motifs is 4. The summed E-state index contributed by atoms with van der Waals surface area (Å²) in [5.41, 5.74) is 4.61. The first-order valence-corrected chi connectivity index (χ1v) is 12.2. The van der Waals surface area contributed by atoms with Gasteiger partial charge in [-0.05, 0) is 48.7 Å². The molecule has 6 rings (SSSR count). The van der Waals surface area contributed by atoms with Gasteiger partial charge in [-0.3, -0.25) is 9.69 Å². The molecule has 0 saturated carbocycles. The number of carbonyl (C=O) groups excluding carboxylic acids is 1. The molecule has 5 nitrogen and oxygen atoms in total. The van der Waals surface area contributed by atoms with Crippen LogP contribution >= 0.6 is 11.6 Å². The number of anilines is 2. The quantitative estimate of drug-likeness (QED) is 0.541. The lowest BCUT2D eigenvalue weighted by Gasteiger charge is -2.53. The Balaban J connectivity index is 1.41. The van der Waals surface area contributed by atoms with Gasteiger partial charge in [0.2, 0.25) is 0 Å². The molecular weight excluding hydrogens is 444 g/mol. The molecule has 0 N–H and O–H groups in total. The number of benzene rings is 3. The molecule has 34 heavy (non-hydrogen) atoms. The zero-order valence-electron chi connectivity index (χ0n) is 19.2. The molecule has 3 aromatic carbocycles. The molecule has 0 unspecified atom stereocenters. The Morgan fingerprint density at radius 3 is 2.50 bits per heavy atom. The van der Waals surface area contributed by atoms with Crippen molar-refractivity contribution in [2.75, 3.05) is 29.5 Å². The molecule has 0 radical (unpaired) electrons. The number of halogens is 1. The molecule has 172 valence electrons. The van der Waals surface area contributed by atoms with Gasteiger partial charge < -0.3 is 4.90 Å². The van der Waals surface area contributed by atoms with Gasteiger partial charge in [-0.1, -0.05) is 66.2 Å². The monoisotopic (exact) mass is 470 g/mol. The van der Waals surface area contributed by atoms with Crippen molar-refractivity contribution in [2.45, 2.75) is 25.9 Å². The zero-order valence-corrected chi connectivity index (χ0v) is 19.9. The summed E-state index contributed by atoms with van der Waals surface area (Å²) in [5, 5.41) is 7.18. The van der Waals surface area contributed by atoms with Crippen LogP contribution in [0.3, 0.4) is 0 Å². The Kier molecular flexibility index (Phi) is 5.19. The van der Waals surface area contributed by atoms with E-state index in [1.54, 1.807) is 5.01 Å². The van der Waals surface area contributed by atoms with E-state index in [0.717, 1.165) is 53.9 Å². The van der Waals surface area contributed by atoms with Crippen molar-refractivity contribution in [3.05, 3.63) is 95.0 Å². The highest BCUT2D eigenvalue weighted by atomic mass is 35.5. The van der Waals surface area contributed by atoms with Crippen molar-refractivity contribution in [3.8, 4) is 0 Å². The van der Waals surface area contributed by atoms with E-state index < -0.39 is 5.41 Å². The van der Waals surface area contributed by atoms with E-state index in [0.29, 0.717) is 6.42 Å². The molecule has 1 saturated heterocycles. The van der Waals surface area contributed by atoms with Crippen molar-refractivity contribution in [3.63, 3.8) is 0 Å². The molecule has 6 heteroatoms. The number of hydrogen-bond acceptors (Lipinski definition) is 4. The van der Waals surface area contributed by atoms with E-state index >= 15 is 0 Å². The minimum absolute atomic E-state index is 0.0131. The Bertz CT molecular complexity index is 1260. The highest BCUT2D eigenvalue weighted by Crippen LogP contribution is 2.48. The van der Waals surface area contributed by atoms with Gasteiger partial charge in [-0.2, -0.15) is 10.1 Å². The van der Waals surface area contributed by atoms with Gasteiger partial charge in [0.05, 0.1) is 17.4 Å². The van der Waals surface area contributed by atoms with Gasteiger partial charge in [-0.25, -0.2) is 0 Å². The summed E-state index contributed by atoms with van der Waals surface area (Å²) >= 11 is 6.42. The molecule has 3 aliphatic heterocycles. The van der Waals surface area contributed by atoms with Gasteiger partial charge in [0.15, 0.2) is 0 Å². The van der Waals surface area contributed by atoms with Crippen molar-refractivity contribution >= 4 is 34.6 Å². The largest absolute Gasteiger partial charge is 0.364 e. The third kappa shape index (κ3) is 3.34. The van der Waals surface area contributed by atoms with Crippen molar-refractivity contribution in [2.24, 2.45) is 10.5 Å². The fourth-order valence-corrected chi connectivity index (χ4v) is 6.03. The second-order valence-corrected chi connectivity index (χ2v) is 9.93. The van der Waals surface area contributed by atoms with Gasteiger partial charge in [0.1, 0.15) is 5.41 Å². The topological polar surface area (TPSA) is 39.2 Å². The molecule has 0 aliphatic carbocycles. The number of amides is 1. The molecule has 3 heterocycles. The molecule has 1 spiro atoms. The predicted octanol–water partition coefficient (Wildman–Crippen LogP) is 5.00. The summed E-state index contributed by atoms with van der Waals surface area (Å²) in [4.78, 5) is 19.1. The molecule has 1 fully saturated rings. The summed E-state index contributed by atoms with van der Waals surface area (Å²) in [6.07, 6.45) is 0.636. The maximum absolute atomic E-state index is 14.2. The molecule has 3 aliphatic rings. The van der Waals surface area contributed by atoms with E-state index in [2.05, 4.69) is 46.2 Å². The highest BCUT2D eigenvalue weighted by Gasteiger charge is 2.59. The minimum atomic E-state index is -0.702. The first kappa shape index (κ1) is 21.4. The van der Waals surface area contributed by atoms with E-state index in [1.807, 2.05) is 49.4 Å². The van der Waals surface area contributed by atoms with Crippen LogP contribution in [0.4, 0.5) is 11.4 Å². The third-order valence-electron chi connectivity index (χ3n) is 7.58. The minimum Gasteiger partial charge on any atom is -0.364 e. The lowest BCUT2D eigenvalue weighted by Crippen LogP contribution is -2.66. The number of hydrogen-bond donors (Lipinski definition) is 0. The SMILES string of the molecule is CC1=NN(c2ccccc2)C(=O)[C@]12Cc1ccc(Cl)cc1N1CCN(Cc3ccccc3)C[C@@H]12. The summed E-state index contributed by atoms with van der Waals surface area (Å²) < 4.78 is 0. The van der Waals surface area contributed by atoms with E-state index in [9.17, 15) is 4.79 Å². The first-order valence-electron chi connectivity index (χ1n) is 11.8. The van der Waals surface area contributed by atoms with Crippen LogP contribution in [0.2, 0.25) is 5.02 Å². The summed E-state index contributed by atoms with van der Waals surface area (Å²) in [7, 11) is 0. The molecule has 0 bridgehead atoms. The standard InChI is InChI=1S/C28H27ClN4O/c1-20-28(27(34)33(30-20)24-10-6-3-7-11-24)17-22-12-13-23(29)16-25(22)32-15-14-31(19-26(28)32)18-21-8-4-2-5-9-21/h2-13,16,26H,14-15,17-19H2,1H3/t26-,28-/m1/s1. The van der Waals surface area contributed by atoms with E-state index in [4.69, 9.17) is 16.7 Å². The number of rotatable bonds is 3. The Morgan fingerprint density at radius 1 is 1.00 bits per heavy atom. The van der Waals surface area contributed by atoms with Crippen LogP contribution in [0, 0.1) is 5.41 Å². The van der Waals surface area contributed by atoms with Crippen LogP contribution in [0.25, 0.3) is 0 Å². The van der Waals surface area contributed by atoms with E-state index in [1.165, 1.54) is 5.56 Å². The average Bonchev–Trinajstić information content (AvgIpc) is 3.11. The van der Waals surface area contributed by atoms with E-state index in [-0.39, 0.29) is 11.9 Å². The van der Waals surface area contributed by atoms with Crippen LogP contribution < -0.4 is 9.91 Å². The third-order valence-corrected chi connectivity index (χ3v) is 7.81. The second kappa shape index (κ2) is 8.26. The lowest BCUT2D eigenvalue weighted by atomic mass is 9.67. The maximum Gasteiger partial charge on any atom is 0.261 e. The summed E-state index contributed by atoms with van der Waals surface area (Å²) in [6.45, 7) is 5.47. The molecule has 3 aromatic rings. The van der Waals surface area contributed by atoms with Gasteiger partial charge in [0.25, 0.3) is 5.91 Å². The van der Waals surface area contributed by atoms with Gasteiger partial charge in [-0.15, -0.1) is 0 Å². The zero-order chi connectivity index (χ0) is 23.3. The van der Waals surface area contributed by atoms with Crippen LogP contribution in [0.1, 0.15) is 18.1 Å². The Labute approximate surface area is 205 Å². The van der Waals surface area contributed by atoms with Gasteiger partial charge >= 0.3 is 0 Å². The Morgan fingerprint density at radius 2 is 1.74 bits per heavy atom. The molecule has 1 amide bonds. The van der Waals surface area contributed by atoms with Crippen LogP contribution in [0.5, 0.6) is 0 Å². The van der Waals surface area contributed by atoms with Crippen LogP contribution in [-0.2, 0) is 17.8 Å². The molecular formula is C28H27ClN4O. The predicted molar refractivity (Wildman–Crippen MR) is 137 cm³/mol. The van der Waals surface area contributed by atoms with Crippen molar-refractivity contribution < 1.29 is 4.79 Å². The van der Waals surface area contributed by atoms with Gasteiger partial charge in [0, 0.05) is 36.9 Å². The fraction of sp³-hybridized carbons (Fsp3) is 0.286. The normalized spacial score (nSPS) is 24.2. The maximum atomic E-state index is 14.2. The molecule has 2 atom stereocenters. The Hall–Kier alpha value is -3.15. The van der Waals surface area contributed by atoms with Crippen LogP contribution in [0.15, 0.2) is 84.0 Å². The number of para-hydroxylation sites is 1. The van der Waals surface area contributed by atoms with Crippen molar-refractivity contribution in [1.82, 2.24) is 4.90 Å². The molecule has 0 aromatic heterocycles. The smallest absolute Gasteiger partial charge is 0.261 e. The number of carbonyl (C=O) groups is 1.